The first-order chi connectivity index (χ1) is 16.0. The van der Waals surface area contributed by atoms with Gasteiger partial charge in [0, 0.05) is 51.9 Å². The number of aromatic nitrogens is 2. The van der Waals surface area contributed by atoms with E-state index in [1.807, 2.05) is 42.6 Å². The van der Waals surface area contributed by atoms with Crippen LogP contribution < -0.4 is 10.1 Å². The second kappa shape index (κ2) is 10.6. The number of nitrogens with one attached hydrogen (secondary N) is 2. The summed E-state index contributed by atoms with van der Waals surface area (Å²) >= 11 is 12.3. The van der Waals surface area contributed by atoms with Gasteiger partial charge in [0.05, 0.1) is 13.0 Å². The van der Waals surface area contributed by atoms with Crippen molar-refractivity contribution in [3.8, 4) is 5.75 Å². The van der Waals surface area contributed by atoms with Gasteiger partial charge in [-0.2, -0.15) is 0 Å². The van der Waals surface area contributed by atoms with Crippen LogP contribution >= 0.6 is 23.2 Å². The lowest BCUT2D eigenvalue weighted by Gasteiger charge is -2.16. The number of H-pyrrole nitrogens is 1. The molecule has 0 aliphatic rings. The topological polar surface area (TPSA) is 87.2 Å². The molecule has 0 amide bonds. The van der Waals surface area contributed by atoms with Crippen molar-refractivity contribution in [2.45, 2.75) is 18.8 Å². The van der Waals surface area contributed by atoms with Crippen molar-refractivity contribution in [2.75, 3.05) is 18.5 Å². The van der Waals surface area contributed by atoms with Gasteiger partial charge in [-0.3, -0.25) is 4.79 Å². The van der Waals surface area contributed by atoms with E-state index in [9.17, 15) is 9.90 Å². The number of fused-ring (bicyclic) bond motifs is 1. The first kappa shape index (κ1) is 23.0. The van der Waals surface area contributed by atoms with Gasteiger partial charge in [0.2, 0.25) is 0 Å². The summed E-state index contributed by atoms with van der Waals surface area (Å²) in [6.07, 6.45) is 4.33. The molecule has 0 aliphatic carbocycles. The van der Waals surface area contributed by atoms with Crippen LogP contribution in [0.3, 0.4) is 0 Å². The smallest absolute Gasteiger partial charge is 0.304 e. The van der Waals surface area contributed by atoms with E-state index in [0.717, 1.165) is 46.6 Å². The Hall–Kier alpha value is -3.22. The number of anilines is 1. The number of carboxylic acid groups (broad SMARTS) is 1. The quantitative estimate of drug-likeness (QED) is 0.228. The molecule has 33 heavy (non-hydrogen) atoms. The molecule has 0 saturated carbocycles. The molecule has 0 fully saturated rings. The summed E-state index contributed by atoms with van der Waals surface area (Å²) in [5.74, 6) is 0.297. The number of aliphatic carboxylic acids is 1. The summed E-state index contributed by atoms with van der Waals surface area (Å²) in [4.78, 5) is 19.1. The number of carboxylic acids is 1. The number of hydrogen-bond acceptors (Lipinski definition) is 4. The molecule has 170 valence electrons. The summed E-state index contributed by atoms with van der Waals surface area (Å²) in [7, 11) is 0. The van der Waals surface area contributed by atoms with E-state index in [4.69, 9.17) is 27.9 Å². The SMILES string of the molecule is O=C(O)CC(c1cc(Cl)cc(Cl)c1)c1c[nH]c2cc(OCCCNc3ccccn3)ccc12. The first-order valence-electron chi connectivity index (χ1n) is 10.6. The van der Waals surface area contributed by atoms with Crippen molar-refractivity contribution in [3.63, 3.8) is 0 Å². The van der Waals surface area contributed by atoms with E-state index in [1.54, 1.807) is 24.4 Å². The van der Waals surface area contributed by atoms with E-state index < -0.39 is 11.9 Å². The van der Waals surface area contributed by atoms with Gasteiger partial charge in [0.1, 0.15) is 11.6 Å². The average molecular weight is 484 g/mol. The van der Waals surface area contributed by atoms with Crippen molar-refractivity contribution in [1.29, 1.82) is 0 Å². The number of hydrogen-bond donors (Lipinski definition) is 3. The van der Waals surface area contributed by atoms with Crippen molar-refractivity contribution >= 4 is 45.9 Å². The number of rotatable bonds is 10. The van der Waals surface area contributed by atoms with Gasteiger partial charge in [-0.15, -0.1) is 0 Å². The molecule has 2 aromatic carbocycles. The van der Waals surface area contributed by atoms with Crippen LogP contribution in [0.2, 0.25) is 10.0 Å². The number of nitrogens with zero attached hydrogens (tertiary/aromatic N) is 1. The van der Waals surface area contributed by atoms with Gasteiger partial charge < -0.3 is 20.1 Å². The van der Waals surface area contributed by atoms with E-state index in [2.05, 4.69) is 15.3 Å². The van der Waals surface area contributed by atoms with Crippen LogP contribution in [-0.4, -0.2) is 34.2 Å². The molecule has 0 radical (unpaired) electrons. The predicted molar refractivity (Wildman–Crippen MR) is 132 cm³/mol. The maximum Gasteiger partial charge on any atom is 0.304 e. The number of ether oxygens (including phenoxy) is 1. The lowest BCUT2D eigenvalue weighted by atomic mass is 9.88. The maximum atomic E-state index is 11.6. The molecule has 0 spiro atoms. The molecule has 6 nitrogen and oxygen atoms in total. The normalized spacial score (nSPS) is 11.9. The van der Waals surface area contributed by atoms with Crippen LogP contribution in [0.4, 0.5) is 5.82 Å². The van der Waals surface area contributed by atoms with Crippen molar-refractivity contribution < 1.29 is 14.6 Å². The van der Waals surface area contributed by atoms with Gasteiger partial charge in [-0.05, 0) is 60.0 Å². The molecule has 0 aliphatic heterocycles. The monoisotopic (exact) mass is 483 g/mol. The predicted octanol–water partition coefficient (Wildman–Crippen LogP) is 6.36. The molecule has 4 aromatic rings. The van der Waals surface area contributed by atoms with Crippen LogP contribution in [0.1, 0.15) is 29.9 Å². The van der Waals surface area contributed by atoms with Crippen molar-refractivity contribution in [3.05, 3.63) is 88.2 Å². The van der Waals surface area contributed by atoms with Crippen LogP contribution in [0.15, 0.2) is 67.0 Å². The zero-order chi connectivity index (χ0) is 23.2. The van der Waals surface area contributed by atoms with E-state index in [1.165, 1.54) is 0 Å². The van der Waals surface area contributed by atoms with Gasteiger partial charge in [0.25, 0.3) is 0 Å². The summed E-state index contributed by atoms with van der Waals surface area (Å²) in [5, 5.41) is 14.6. The maximum absolute atomic E-state index is 11.6. The Morgan fingerprint density at radius 2 is 1.94 bits per heavy atom. The molecule has 2 heterocycles. The Balaban J connectivity index is 1.46. The fourth-order valence-electron chi connectivity index (χ4n) is 3.81. The van der Waals surface area contributed by atoms with Gasteiger partial charge >= 0.3 is 5.97 Å². The third-order valence-corrected chi connectivity index (χ3v) is 5.72. The molecule has 4 rings (SSSR count). The number of carbonyl (C=O) groups is 1. The minimum absolute atomic E-state index is 0.0782. The molecule has 2 aromatic heterocycles. The van der Waals surface area contributed by atoms with E-state index >= 15 is 0 Å². The standard InChI is InChI=1S/C25H23Cl2N3O3/c26-17-10-16(11-18(27)12-17)21(14-25(31)32)22-15-30-23-13-19(5-6-20(22)23)33-9-3-8-29-24-4-1-2-7-28-24/h1-2,4-7,10-13,15,21,30H,3,8-9,14H2,(H,28,29)(H,31,32). The Bertz CT molecular complexity index is 1220. The highest BCUT2D eigenvalue weighted by Crippen LogP contribution is 2.36. The summed E-state index contributed by atoms with van der Waals surface area (Å²) < 4.78 is 5.89. The van der Waals surface area contributed by atoms with Gasteiger partial charge in [0.15, 0.2) is 0 Å². The lowest BCUT2D eigenvalue weighted by Crippen LogP contribution is -2.08. The van der Waals surface area contributed by atoms with Crippen LogP contribution in [0.5, 0.6) is 5.75 Å². The van der Waals surface area contributed by atoms with Crippen molar-refractivity contribution in [2.24, 2.45) is 0 Å². The first-order valence-corrected chi connectivity index (χ1v) is 11.3. The second-order valence-electron chi connectivity index (χ2n) is 7.65. The molecule has 1 atom stereocenters. The van der Waals surface area contributed by atoms with E-state index in [0.29, 0.717) is 16.7 Å². The highest BCUT2D eigenvalue weighted by Gasteiger charge is 2.22. The second-order valence-corrected chi connectivity index (χ2v) is 8.52. The molecule has 3 N–H and O–H groups in total. The molecular formula is C25H23Cl2N3O3. The number of pyridine rings is 1. The van der Waals surface area contributed by atoms with E-state index in [-0.39, 0.29) is 6.42 Å². The fourth-order valence-corrected chi connectivity index (χ4v) is 4.35. The third-order valence-electron chi connectivity index (χ3n) is 5.29. The zero-order valence-corrected chi connectivity index (χ0v) is 19.2. The Kier molecular flexibility index (Phi) is 7.37. The number of benzene rings is 2. The van der Waals surface area contributed by atoms with Crippen LogP contribution in [0.25, 0.3) is 10.9 Å². The van der Waals surface area contributed by atoms with Crippen LogP contribution in [-0.2, 0) is 4.79 Å². The zero-order valence-electron chi connectivity index (χ0n) is 17.7. The molecule has 1 unspecified atom stereocenters. The Morgan fingerprint density at radius 3 is 2.67 bits per heavy atom. The Labute approximate surface area is 201 Å². The average Bonchev–Trinajstić information content (AvgIpc) is 3.20. The molecule has 8 heteroatoms. The highest BCUT2D eigenvalue weighted by molar-refractivity contribution is 6.34. The van der Waals surface area contributed by atoms with Gasteiger partial charge in [-0.1, -0.05) is 29.3 Å². The highest BCUT2D eigenvalue weighted by atomic mass is 35.5. The number of halogens is 2. The molecule has 0 saturated heterocycles. The third kappa shape index (κ3) is 5.97. The fraction of sp³-hybridized carbons (Fsp3) is 0.200. The lowest BCUT2D eigenvalue weighted by molar-refractivity contribution is -0.137. The molecular weight excluding hydrogens is 461 g/mol. The van der Waals surface area contributed by atoms with Crippen LogP contribution in [0, 0.1) is 0 Å². The summed E-state index contributed by atoms with van der Waals surface area (Å²) in [6, 6.07) is 16.7. The number of aromatic amines is 1. The largest absolute Gasteiger partial charge is 0.493 e. The summed E-state index contributed by atoms with van der Waals surface area (Å²) in [6.45, 7) is 1.31. The molecule has 0 bridgehead atoms. The Morgan fingerprint density at radius 1 is 1.12 bits per heavy atom. The minimum Gasteiger partial charge on any atom is -0.493 e. The summed E-state index contributed by atoms with van der Waals surface area (Å²) in [5.41, 5.74) is 2.51. The van der Waals surface area contributed by atoms with Gasteiger partial charge in [-0.25, -0.2) is 4.98 Å². The minimum atomic E-state index is -0.898. The van der Waals surface area contributed by atoms with Crippen molar-refractivity contribution in [1.82, 2.24) is 9.97 Å².